The number of carbonyl (C=O) groups is 2. The van der Waals surface area contributed by atoms with Crippen molar-refractivity contribution in [1.82, 2.24) is 10.6 Å². The van der Waals surface area contributed by atoms with Crippen LogP contribution in [0.25, 0.3) is 0 Å². The maximum Gasteiger partial charge on any atom is 0.407 e. The Hall–Kier alpha value is -1.54. The monoisotopic (exact) mass is 643 g/mol. The molecular formula is C37H76N3O5+. The number of carbonyl (C=O) groups excluding carboxylic acids is 2. The number of aliphatic hydroxyl groups excluding tert-OH is 1. The van der Waals surface area contributed by atoms with Gasteiger partial charge in [-0.15, -0.1) is 0 Å². The van der Waals surface area contributed by atoms with Crippen LogP contribution in [-0.4, -0.2) is 81.4 Å². The van der Waals surface area contributed by atoms with E-state index in [4.69, 9.17) is 9.47 Å². The lowest BCUT2D eigenvalue weighted by Crippen LogP contribution is -2.50. The van der Waals surface area contributed by atoms with Crippen LogP contribution >= 0.6 is 0 Å². The van der Waals surface area contributed by atoms with Crippen LogP contribution in [0.1, 0.15) is 168 Å². The normalized spacial score (nSPS) is 12.2. The Balaban J connectivity index is 4.05. The van der Waals surface area contributed by atoms with Crippen molar-refractivity contribution in [2.75, 3.05) is 53.5 Å². The Labute approximate surface area is 278 Å². The number of aliphatic hydroxyl groups is 1. The zero-order valence-corrected chi connectivity index (χ0v) is 30.3. The Morgan fingerprint density at radius 1 is 0.578 bits per heavy atom. The third-order valence-corrected chi connectivity index (χ3v) is 8.68. The summed E-state index contributed by atoms with van der Waals surface area (Å²) in [6.45, 7) is 6.68. The van der Waals surface area contributed by atoms with Gasteiger partial charge in [-0.25, -0.2) is 9.59 Å². The van der Waals surface area contributed by atoms with Gasteiger partial charge in [0.25, 0.3) is 0 Å². The molecule has 0 aliphatic rings. The molecule has 8 nitrogen and oxygen atoms in total. The number of ether oxygens (including phenoxy) is 2. The molecule has 0 fully saturated rings. The van der Waals surface area contributed by atoms with Crippen LogP contribution < -0.4 is 10.6 Å². The fraction of sp³-hybridized carbons (Fsp3) is 0.946. The molecule has 0 saturated heterocycles. The van der Waals surface area contributed by atoms with E-state index >= 15 is 0 Å². The van der Waals surface area contributed by atoms with Crippen LogP contribution in [0, 0.1) is 0 Å². The maximum absolute atomic E-state index is 12.5. The molecule has 0 bridgehead atoms. The predicted molar refractivity (Wildman–Crippen MR) is 189 cm³/mol. The van der Waals surface area contributed by atoms with Crippen LogP contribution in [-0.2, 0) is 9.47 Å². The molecule has 268 valence electrons. The molecule has 45 heavy (non-hydrogen) atoms. The third-order valence-electron chi connectivity index (χ3n) is 8.68. The molecule has 0 aromatic carbocycles. The van der Waals surface area contributed by atoms with Crippen molar-refractivity contribution >= 4 is 12.2 Å². The summed E-state index contributed by atoms with van der Waals surface area (Å²) in [5.41, 5.74) is 0. The molecule has 0 rings (SSSR count). The molecule has 0 aromatic heterocycles. The first kappa shape index (κ1) is 43.5. The van der Waals surface area contributed by atoms with E-state index in [2.05, 4.69) is 24.5 Å². The number of likely N-dealkylation sites (N-methyl/N-ethyl adjacent to an activating group) is 1. The average Bonchev–Trinajstić information content (AvgIpc) is 3.00. The number of nitrogens with one attached hydrogen (secondary N) is 2. The summed E-state index contributed by atoms with van der Waals surface area (Å²) < 4.78 is 11.5. The molecule has 8 heteroatoms. The van der Waals surface area contributed by atoms with Crippen molar-refractivity contribution in [3.8, 4) is 0 Å². The molecule has 0 aliphatic carbocycles. The summed E-state index contributed by atoms with van der Waals surface area (Å²) in [6.07, 6.45) is 29.1. The minimum atomic E-state index is -0.592. The summed E-state index contributed by atoms with van der Waals surface area (Å²) >= 11 is 0. The highest BCUT2D eigenvalue weighted by molar-refractivity contribution is 5.68. The maximum atomic E-state index is 12.5. The van der Waals surface area contributed by atoms with Gasteiger partial charge >= 0.3 is 12.2 Å². The van der Waals surface area contributed by atoms with E-state index in [1.54, 1.807) is 0 Å². The van der Waals surface area contributed by atoms with Gasteiger partial charge in [-0.3, -0.25) is 0 Å². The average molecular weight is 643 g/mol. The summed E-state index contributed by atoms with van der Waals surface area (Å²) in [5, 5.41) is 15.1. The predicted octanol–water partition coefficient (Wildman–Crippen LogP) is 9.28. The molecule has 1 unspecified atom stereocenters. The molecule has 0 aliphatic heterocycles. The van der Waals surface area contributed by atoms with Crippen molar-refractivity contribution in [1.29, 1.82) is 0 Å². The number of unbranched alkanes of at least 4 members (excludes halogenated alkanes) is 22. The lowest BCUT2D eigenvalue weighted by Gasteiger charge is -2.32. The van der Waals surface area contributed by atoms with E-state index in [-0.39, 0.29) is 13.2 Å². The molecule has 0 aromatic rings. The molecule has 0 radical (unpaired) electrons. The Morgan fingerprint density at radius 2 is 0.933 bits per heavy atom. The van der Waals surface area contributed by atoms with Gasteiger partial charge in [0.15, 0.2) is 6.10 Å². The second-order valence-electron chi connectivity index (χ2n) is 13.8. The molecule has 1 atom stereocenters. The Bertz CT molecular complexity index is 662. The summed E-state index contributed by atoms with van der Waals surface area (Å²) in [6, 6.07) is 0. The quantitative estimate of drug-likeness (QED) is 0.0490. The van der Waals surface area contributed by atoms with E-state index in [1.165, 1.54) is 128 Å². The topological polar surface area (TPSA) is 96.9 Å². The highest BCUT2D eigenvalue weighted by atomic mass is 16.6. The third kappa shape index (κ3) is 32.2. The number of quaternary nitrogens is 1. The first-order valence-electron chi connectivity index (χ1n) is 19.1. The van der Waals surface area contributed by atoms with E-state index < -0.39 is 18.3 Å². The minimum Gasteiger partial charge on any atom is -0.445 e. The minimum absolute atomic E-state index is 0.0105. The van der Waals surface area contributed by atoms with E-state index in [0.717, 1.165) is 25.7 Å². The first-order valence-corrected chi connectivity index (χ1v) is 19.1. The number of nitrogens with zero attached hydrogens (tertiary/aromatic N) is 1. The number of amides is 2. The van der Waals surface area contributed by atoms with Crippen molar-refractivity contribution in [2.24, 2.45) is 0 Å². The highest BCUT2D eigenvalue weighted by Gasteiger charge is 2.26. The number of rotatable bonds is 33. The van der Waals surface area contributed by atoms with Gasteiger partial charge in [-0.05, 0) is 12.8 Å². The van der Waals surface area contributed by atoms with Gasteiger partial charge in [0.2, 0.25) is 0 Å². The van der Waals surface area contributed by atoms with Crippen LogP contribution in [0.5, 0.6) is 0 Å². The summed E-state index contributed by atoms with van der Waals surface area (Å²) in [5.74, 6) is 0. The second-order valence-corrected chi connectivity index (χ2v) is 13.8. The smallest absolute Gasteiger partial charge is 0.407 e. The van der Waals surface area contributed by atoms with Gasteiger partial charge in [-0.2, -0.15) is 0 Å². The highest BCUT2D eigenvalue weighted by Crippen LogP contribution is 2.13. The van der Waals surface area contributed by atoms with Crippen molar-refractivity contribution in [2.45, 2.75) is 174 Å². The van der Waals surface area contributed by atoms with Crippen LogP contribution in [0.15, 0.2) is 0 Å². The van der Waals surface area contributed by atoms with Gasteiger partial charge in [0.05, 0.1) is 20.7 Å². The summed E-state index contributed by atoms with van der Waals surface area (Å²) in [4.78, 5) is 24.8. The lowest BCUT2D eigenvalue weighted by atomic mass is 10.1. The molecule has 0 spiro atoms. The van der Waals surface area contributed by atoms with Crippen molar-refractivity contribution in [3.05, 3.63) is 0 Å². The van der Waals surface area contributed by atoms with Crippen molar-refractivity contribution in [3.63, 3.8) is 0 Å². The molecule has 3 N–H and O–H groups in total. The van der Waals surface area contributed by atoms with Crippen molar-refractivity contribution < 1.29 is 28.7 Å². The Morgan fingerprint density at radius 3 is 1.31 bits per heavy atom. The number of alkyl carbamates (subject to hydrolysis) is 2. The Kier molecular flexibility index (Phi) is 31.3. The van der Waals surface area contributed by atoms with E-state index in [9.17, 15) is 14.7 Å². The number of hydrogen-bond acceptors (Lipinski definition) is 5. The van der Waals surface area contributed by atoms with E-state index in [0.29, 0.717) is 30.7 Å². The van der Waals surface area contributed by atoms with Gasteiger partial charge in [0.1, 0.15) is 19.7 Å². The summed E-state index contributed by atoms with van der Waals surface area (Å²) in [7, 11) is 3.93. The standard InChI is InChI=1S/C37H75N3O5/c1-5-7-9-11-13-15-17-19-21-23-25-27-29-38-36(42)44-34-35(33-40(3,4)31-32-41)45-37(43)39-30-28-26-24-22-20-18-16-14-12-10-8-6-2/h35,41H,5-34H2,1-4H3,(H-,38,39,42,43)/p+1. The van der Waals surface area contributed by atoms with Crippen LogP contribution in [0.2, 0.25) is 0 Å². The van der Waals surface area contributed by atoms with E-state index in [1.807, 2.05) is 14.1 Å². The first-order chi connectivity index (χ1) is 21.8. The SMILES string of the molecule is CCCCCCCCCCCCCCNC(=O)OCC(C[N+](C)(C)CCO)OC(=O)NCCCCCCCCCCCCCC. The zero-order chi connectivity index (χ0) is 33.3. The number of hydrogen-bond donors (Lipinski definition) is 3. The zero-order valence-electron chi connectivity index (χ0n) is 30.3. The van der Waals surface area contributed by atoms with Crippen LogP contribution in [0.3, 0.4) is 0 Å². The van der Waals surface area contributed by atoms with Gasteiger partial charge < -0.3 is 29.7 Å². The fourth-order valence-corrected chi connectivity index (χ4v) is 5.76. The molecule has 0 saturated carbocycles. The van der Waals surface area contributed by atoms with Gasteiger partial charge in [0, 0.05) is 13.1 Å². The second kappa shape index (κ2) is 32.4. The van der Waals surface area contributed by atoms with Crippen LogP contribution in [0.4, 0.5) is 9.59 Å². The molecular weight excluding hydrogens is 566 g/mol. The fourth-order valence-electron chi connectivity index (χ4n) is 5.76. The molecule has 0 heterocycles. The largest absolute Gasteiger partial charge is 0.445 e. The lowest BCUT2D eigenvalue weighted by molar-refractivity contribution is -0.893. The molecule has 2 amide bonds. The van der Waals surface area contributed by atoms with Gasteiger partial charge in [-0.1, -0.05) is 155 Å².